The summed E-state index contributed by atoms with van der Waals surface area (Å²) in [6, 6.07) is 0. The SMILES string of the molecule is O=C(c1cnccn1)N(O)O. The number of nitrogens with zero attached hydrogens (tertiary/aromatic N) is 3. The number of rotatable bonds is 1. The minimum Gasteiger partial charge on any atom is -0.262 e. The van der Waals surface area contributed by atoms with Crippen molar-refractivity contribution in [1.29, 1.82) is 0 Å². The highest BCUT2D eigenvalue weighted by molar-refractivity contribution is 5.90. The average molecular weight is 155 g/mol. The zero-order chi connectivity index (χ0) is 8.27. The summed E-state index contributed by atoms with van der Waals surface area (Å²) in [5.74, 6) is -1.02. The summed E-state index contributed by atoms with van der Waals surface area (Å²) in [6.45, 7) is 0. The molecule has 0 aromatic carbocycles. The predicted molar refractivity (Wildman–Crippen MR) is 31.8 cm³/mol. The van der Waals surface area contributed by atoms with Gasteiger partial charge in [-0.1, -0.05) is 5.23 Å². The van der Waals surface area contributed by atoms with Gasteiger partial charge >= 0.3 is 5.91 Å². The monoisotopic (exact) mass is 155 g/mol. The molecule has 1 heterocycles. The van der Waals surface area contributed by atoms with Gasteiger partial charge in [-0.25, -0.2) is 4.98 Å². The minimum absolute atomic E-state index is 0.127. The van der Waals surface area contributed by atoms with E-state index in [4.69, 9.17) is 10.4 Å². The average Bonchev–Trinajstić information content (AvgIpc) is 2.05. The van der Waals surface area contributed by atoms with Crippen molar-refractivity contribution in [1.82, 2.24) is 15.2 Å². The molecule has 0 saturated heterocycles. The van der Waals surface area contributed by atoms with Crippen molar-refractivity contribution in [3.8, 4) is 0 Å². The molecule has 6 heteroatoms. The molecule has 6 nitrogen and oxygen atoms in total. The van der Waals surface area contributed by atoms with Gasteiger partial charge in [0.15, 0.2) is 5.69 Å². The molecule has 2 N–H and O–H groups in total. The highest BCUT2D eigenvalue weighted by Gasteiger charge is 2.11. The van der Waals surface area contributed by atoms with Crippen molar-refractivity contribution < 1.29 is 15.2 Å². The van der Waals surface area contributed by atoms with Crippen molar-refractivity contribution in [2.75, 3.05) is 0 Å². The van der Waals surface area contributed by atoms with Gasteiger partial charge < -0.3 is 0 Å². The van der Waals surface area contributed by atoms with E-state index in [1.54, 1.807) is 0 Å². The molecule has 0 saturated carbocycles. The van der Waals surface area contributed by atoms with Gasteiger partial charge in [0.1, 0.15) is 0 Å². The lowest BCUT2D eigenvalue weighted by atomic mass is 10.4. The molecule has 0 aliphatic rings. The van der Waals surface area contributed by atoms with E-state index in [2.05, 4.69) is 9.97 Å². The van der Waals surface area contributed by atoms with Gasteiger partial charge in [0, 0.05) is 12.4 Å². The Hall–Kier alpha value is -1.53. The topological polar surface area (TPSA) is 86.6 Å². The van der Waals surface area contributed by atoms with Crippen molar-refractivity contribution in [3.63, 3.8) is 0 Å². The first-order chi connectivity index (χ1) is 5.22. The fourth-order valence-corrected chi connectivity index (χ4v) is 0.512. The molecular formula is C5H5N3O3. The maximum absolute atomic E-state index is 10.7. The van der Waals surface area contributed by atoms with Crippen LogP contribution in [-0.4, -0.2) is 31.5 Å². The van der Waals surface area contributed by atoms with Crippen molar-refractivity contribution in [3.05, 3.63) is 24.3 Å². The highest BCUT2D eigenvalue weighted by Crippen LogP contribution is 1.93. The molecule has 0 radical (unpaired) electrons. The molecule has 0 fully saturated rings. The van der Waals surface area contributed by atoms with Crippen LogP contribution in [0.25, 0.3) is 0 Å². The van der Waals surface area contributed by atoms with Gasteiger partial charge in [0.2, 0.25) is 0 Å². The number of amides is 1. The molecule has 1 aromatic heterocycles. The summed E-state index contributed by atoms with van der Waals surface area (Å²) in [4.78, 5) is 17.8. The van der Waals surface area contributed by atoms with Gasteiger partial charge in [-0.3, -0.25) is 20.2 Å². The normalized spacial score (nSPS) is 9.27. The quantitative estimate of drug-likeness (QED) is 0.429. The van der Waals surface area contributed by atoms with Crippen LogP contribution in [0.1, 0.15) is 10.5 Å². The van der Waals surface area contributed by atoms with Crippen molar-refractivity contribution >= 4 is 5.91 Å². The zero-order valence-corrected chi connectivity index (χ0v) is 5.38. The fourth-order valence-electron chi connectivity index (χ4n) is 0.512. The first kappa shape index (κ1) is 7.58. The summed E-state index contributed by atoms with van der Waals surface area (Å²) >= 11 is 0. The Balaban J connectivity index is 2.86. The van der Waals surface area contributed by atoms with E-state index in [9.17, 15) is 4.79 Å². The molecule has 0 aliphatic carbocycles. The summed E-state index contributed by atoms with van der Waals surface area (Å²) < 4.78 is 0. The van der Waals surface area contributed by atoms with E-state index in [-0.39, 0.29) is 5.69 Å². The molecule has 1 amide bonds. The number of hydrogen-bond donors (Lipinski definition) is 2. The van der Waals surface area contributed by atoms with E-state index in [1.165, 1.54) is 12.4 Å². The van der Waals surface area contributed by atoms with Crippen LogP contribution in [0.3, 0.4) is 0 Å². The molecule has 0 bridgehead atoms. The largest absolute Gasteiger partial charge is 0.323 e. The zero-order valence-electron chi connectivity index (χ0n) is 5.38. The molecule has 58 valence electrons. The fraction of sp³-hybridized carbons (Fsp3) is 0. The van der Waals surface area contributed by atoms with Gasteiger partial charge in [-0.15, -0.1) is 0 Å². The Morgan fingerprint density at radius 3 is 2.64 bits per heavy atom. The van der Waals surface area contributed by atoms with E-state index in [0.29, 0.717) is 0 Å². The number of aromatic nitrogens is 2. The van der Waals surface area contributed by atoms with Crippen LogP contribution < -0.4 is 0 Å². The van der Waals surface area contributed by atoms with E-state index >= 15 is 0 Å². The van der Waals surface area contributed by atoms with E-state index in [0.717, 1.165) is 6.20 Å². The van der Waals surface area contributed by atoms with Crippen LogP contribution in [-0.2, 0) is 0 Å². The standard InChI is InChI=1S/C5H5N3O3/c9-5(8(10)11)4-3-6-1-2-7-4/h1-3,10-11H. The van der Waals surface area contributed by atoms with Crippen LogP contribution in [0, 0.1) is 0 Å². The molecule has 1 aromatic rings. The lowest BCUT2D eigenvalue weighted by Crippen LogP contribution is -2.24. The lowest BCUT2D eigenvalue weighted by Gasteiger charge is -2.02. The minimum atomic E-state index is -1.02. The second-order valence-corrected chi connectivity index (χ2v) is 1.69. The summed E-state index contributed by atoms with van der Waals surface area (Å²) in [6.07, 6.45) is 3.77. The Morgan fingerprint density at radius 1 is 1.45 bits per heavy atom. The Labute approximate surface area is 61.7 Å². The van der Waals surface area contributed by atoms with E-state index in [1.807, 2.05) is 0 Å². The second-order valence-electron chi connectivity index (χ2n) is 1.69. The third-order valence-electron chi connectivity index (χ3n) is 0.964. The Morgan fingerprint density at radius 2 is 2.18 bits per heavy atom. The van der Waals surface area contributed by atoms with Crippen LogP contribution in [0.4, 0.5) is 0 Å². The third kappa shape index (κ3) is 1.69. The Kier molecular flexibility index (Phi) is 2.09. The number of carbonyl (C=O) groups is 1. The van der Waals surface area contributed by atoms with Gasteiger partial charge in [0.05, 0.1) is 6.20 Å². The van der Waals surface area contributed by atoms with Crippen molar-refractivity contribution in [2.24, 2.45) is 0 Å². The van der Waals surface area contributed by atoms with Crippen LogP contribution in [0.2, 0.25) is 0 Å². The summed E-state index contributed by atoms with van der Waals surface area (Å²) in [5.41, 5.74) is -0.127. The van der Waals surface area contributed by atoms with Gasteiger partial charge in [-0.2, -0.15) is 0 Å². The smallest absolute Gasteiger partial charge is 0.262 e. The maximum Gasteiger partial charge on any atom is 0.323 e. The van der Waals surface area contributed by atoms with Crippen LogP contribution >= 0.6 is 0 Å². The number of hydrogen-bond acceptors (Lipinski definition) is 5. The summed E-state index contributed by atoms with van der Waals surface area (Å²) in [5, 5.41) is 16.0. The van der Waals surface area contributed by atoms with Gasteiger partial charge in [-0.05, 0) is 0 Å². The highest BCUT2D eigenvalue weighted by atomic mass is 16.8. The van der Waals surface area contributed by atoms with Crippen molar-refractivity contribution in [2.45, 2.75) is 0 Å². The maximum atomic E-state index is 10.7. The molecule has 11 heavy (non-hydrogen) atoms. The second kappa shape index (κ2) is 3.04. The molecule has 0 unspecified atom stereocenters. The molecule has 1 rings (SSSR count). The molecular weight excluding hydrogens is 150 g/mol. The molecule has 0 atom stereocenters. The third-order valence-corrected chi connectivity index (χ3v) is 0.964. The number of hydroxylamine groups is 2. The molecule has 0 spiro atoms. The first-order valence-electron chi connectivity index (χ1n) is 2.70. The summed E-state index contributed by atoms with van der Waals surface area (Å²) in [7, 11) is 0. The van der Waals surface area contributed by atoms with Gasteiger partial charge in [0.25, 0.3) is 0 Å². The molecule has 0 aliphatic heterocycles. The lowest BCUT2D eigenvalue weighted by molar-refractivity contribution is -0.260. The van der Waals surface area contributed by atoms with Crippen LogP contribution in [0.15, 0.2) is 18.6 Å². The van der Waals surface area contributed by atoms with Crippen LogP contribution in [0.5, 0.6) is 0 Å². The first-order valence-corrected chi connectivity index (χ1v) is 2.70. The van der Waals surface area contributed by atoms with E-state index < -0.39 is 11.1 Å². The Bertz CT molecular complexity index is 248. The number of carbonyl (C=O) groups excluding carboxylic acids is 1. The predicted octanol–water partition coefficient (Wildman–Crippen LogP) is -0.303.